The van der Waals surface area contributed by atoms with Crippen molar-refractivity contribution in [3.05, 3.63) is 53.1 Å². The summed E-state index contributed by atoms with van der Waals surface area (Å²) in [7, 11) is -0.806. The standard InChI is InChI=1S/C16H15ClF2N2O3S2/c1-21(2)26(23,24)11-8-6-10(7-9-11)15(22)20-13-5-3-4-12(17)14(13)25-16(18)19/h3-9,16H,1-2H3,(H,20,22). The van der Waals surface area contributed by atoms with Crippen molar-refractivity contribution in [1.29, 1.82) is 0 Å². The third-order valence-corrected chi connectivity index (χ3v) is 6.43. The summed E-state index contributed by atoms with van der Waals surface area (Å²) in [6, 6.07) is 9.73. The van der Waals surface area contributed by atoms with Crippen LogP contribution in [0.2, 0.25) is 5.02 Å². The summed E-state index contributed by atoms with van der Waals surface area (Å²) in [6.45, 7) is 0. The van der Waals surface area contributed by atoms with Gasteiger partial charge in [0.2, 0.25) is 10.0 Å². The van der Waals surface area contributed by atoms with Crippen molar-refractivity contribution in [3.8, 4) is 0 Å². The lowest BCUT2D eigenvalue weighted by atomic mass is 10.2. The molecule has 2 aromatic rings. The molecule has 2 aromatic carbocycles. The minimum Gasteiger partial charge on any atom is -0.321 e. The van der Waals surface area contributed by atoms with Gasteiger partial charge in [-0.05, 0) is 36.4 Å². The summed E-state index contributed by atoms with van der Waals surface area (Å²) >= 11 is 6.16. The van der Waals surface area contributed by atoms with Crippen LogP contribution in [-0.4, -0.2) is 38.5 Å². The summed E-state index contributed by atoms with van der Waals surface area (Å²) in [5.41, 5.74) is 0.327. The van der Waals surface area contributed by atoms with E-state index in [2.05, 4.69) is 5.32 Å². The average Bonchev–Trinajstić information content (AvgIpc) is 2.57. The molecule has 1 N–H and O–H groups in total. The lowest BCUT2D eigenvalue weighted by Crippen LogP contribution is -2.22. The number of benzene rings is 2. The van der Waals surface area contributed by atoms with Crippen LogP contribution >= 0.6 is 23.4 Å². The Morgan fingerprint density at radius 3 is 2.31 bits per heavy atom. The molecule has 26 heavy (non-hydrogen) atoms. The third kappa shape index (κ3) is 4.73. The molecule has 0 saturated carbocycles. The molecule has 0 heterocycles. The molecule has 0 saturated heterocycles. The van der Waals surface area contributed by atoms with Crippen LogP contribution < -0.4 is 5.32 Å². The van der Waals surface area contributed by atoms with Crippen LogP contribution in [0.5, 0.6) is 0 Å². The number of nitrogens with zero attached hydrogens (tertiary/aromatic N) is 1. The van der Waals surface area contributed by atoms with Crippen LogP contribution in [-0.2, 0) is 10.0 Å². The molecule has 140 valence electrons. The Hall–Kier alpha value is -1.68. The monoisotopic (exact) mass is 420 g/mol. The number of hydrogen-bond acceptors (Lipinski definition) is 4. The predicted octanol–water partition coefficient (Wildman–Crippen LogP) is 4.16. The molecular weight excluding hydrogens is 406 g/mol. The first-order chi connectivity index (χ1) is 12.1. The van der Waals surface area contributed by atoms with Gasteiger partial charge in [-0.2, -0.15) is 8.78 Å². The Labute approximate surface area is 159 Å². The minimum absolute atomic E-state index is 0.0377. The fourth-order valence-corrected chi connectivity index (χ4v) is 3.81. The zero-order valence-electron chi connectivity index (χ0n) is 13.7. The summed E-state index contributed by atoms with van der Waals surface area (Å²) in [4.78, 5) is 12.4. The second-order valence-electron chi connectivity index (χ2n) is 5.26. The van der Waals surface area contributed by atoms with Gasteiger partial charge in [-0.1, -0.05) is 29.4 Å². The van der Waals surface area contributed by atoms with Gasteiger partial charge in [0.05, 0.1) is 20.5 Å². The van der Waals surface area contributed by atoms with Crippen LogP contribution in [0.15, 0.2) is 52.3 Å². The van der Waals surface area contributed by atoms with Crippen molar-refractivity contribution < 1.29 is 22.0 Å². The van der Waals surface area contributed by atoms with E-state index < -0.39 is 21.7 Å². The topological polar surface area (TPSA) is 66.5 Å². The molecule has 0 spiro atoms. The molecule has 0 unspecified atom stereocenters. The molecule has 0 aliphatic rings. The number of sulfonamides is 1. The van der Waals surface area contributed by atoms with E-state index in [0.717, 1.165) is 4.31 Å². The van der Waals surface area contributed by atoms with Crippen LogP contribution in [0.4, 0.5) is 14.5 Å². The van der Waals surface area contributed by atoms with Crippen molar-refractivity contribution in [2.24, 2.45) is 0 Å². The van der Waals surface area contributed by atoms with E-state index in [0.29, 0.717) is 0 Å². The molecule has 0 aliphatic heterocycles. The number of carbonyl (C=O) groups is 1. The third-order valence-electron chi connectivity index (χ3n) is 3.32. The Bertz CT molecular complexity index is 904. The molecule has 0 atom stereocenters. The summed E-state index contributed by atoms with van der Waals surface area (Å²) in [6.07, 6.45) is 0. The average molecular weight is 421 g/mol. The van der Waals surface area contributed by atoms with Crippen molar-refractivity contribution in [2.45, 2.75) is 15.5 Å². The molecule has 2 rings (SSSR count). The molecule has 0 bridgehead atoms. The maximum atomic E-state index is 12.7. The molecule has 0 aliphatic carbocycles. The highest BCUT2D eigenvalue weighted by Gasteiger charge is 2.19. The van der Waals surface area contributed by atoms with Crippen molar-refractivity contribution in [1.82, 2.24) is 4.31 Å². The van der Waals surface area contributed by atoms with Gasteiger partial charge in [0, 0.05) is 19.7 Å². The Balaban J connectivity index is 2.25. The largest absolute Gasteiger partial charge is 0.321 e. The van der Waals surface area contributed by atoms with Gasteiger partial charge in [-0.25, -0.2) is 12.7 Å². The Morgan fingerprint density at radius 2 is 1.77 bits per heavy atom. The molecule has 0 aromatic heterocycles. The summed E-state index contributed by atoms with van der Waals surface area (Å²) < 4.78 is 50.5. The maximum absolute atomic E-state index is 12.7. The number of thioether (sulfide) groups is 1. The van der Waals surface area contributed by atoms with Crippen LogP contribution in [0, 0.1) is 0 Å². The molecule has 1 amide bonds. The number of rotatable bonds is 6. The highest BCUT2D eigenvalue weighted by atomic mass is 35.5. The predicted molar refractivity (Wildman–Crippen MR) is 98.6 cm³/mol. The number of hydrogen-bond donors (Lipinski definition) is 1. The molecule has 0 radical (unpaired) electrons. The van der Waals surface area contributed by atoms with E-state index in [-0.39, 0.29) is 37.8 Å². The zero-order valence-corrected chi connectivity index (χ0v) is 16.1. The number of anilines is 1. The zero-order chi connectivity index (χ0) is 19.5. The first-order valence-electron chi connectivity index (χ1n) is 7.20. The van der Waals surface area contributed by atoms with Crippen molar-refractivity contribution in [3.63, 3.8) is 0 Å². The molecular formula is C16H15ClF2N2O3S2. The molecule has 5 nitrogen and oxygen atoms in total. The van der Waals surface area contributed by atoms with Crippen LogP contribution in [0.25, 0.3) is 0 Å². The number of amides is 1. The van der Waals surface area contributed by atoms with Crippen molar-refractivity contribution >= 4 is 45.0 Å². The second kappa shape index (κ2) is 8.34. The van der Waals surface area contributed by atoms with Gasteiger partial charge in [0.1, 0.15) is 0 Å². The van der Waals surface area contributed by atoms with Gasteiger partial charge in [-0.3, -0.25) is 4.79 Å². The minimum atomic E-state index is -3.61. The lowest BCUT2D eigenvalue weighted by Gasteiger charge is -2.13. The van der Waals surface area contributed by atoms with E-state index >= 15 is 0 Å². The van der Waals surface area contributed by atoms with Gasteiger partial charge in [0.25, 0.3) is 11.7 Å². The number of halogens is 3. The van der Waals surface area contributed by atoms with Gasteiger partial charge >= 0.3 is 0 Å². The maximum Gasteiger partial charge on any atom is 0.289 e. The van der Waals surface area contributed by atoms with Crippen LogP contribution in [0.3, 0.4) is 0 Å². The van der Waals surface area contributed by atoms with Gasteiger partial charge in [-0.15, -0.1) is 0 Å². The van der Waals surface area contributed by atoms with Gasteiger partial charge in [0.15, 0.2) is 0 Å². The molecule has 0 fully saturated rings. The van der Waals surface area contributed by atoms with Crippen LogP contribution in [0.1, 0.15) is 10.4 Å². The normalized spacial score (nSPS) is 11.8. The Kier molecular flexibility index (Phi) is 6.62. The second-order valence-corrected chi connectivity index (χ2v) is 8.82. The number of nitrogens with one attached hydrogen (secondary N) is 1. The van der Waals surface area contributed by atoms with Crippen molar-refractivity contribution in [2.75, 3.05) is 19.4 Å². The highest BCUT2D eigenvalue weighted by molar-refractivity contribution is 7.99. The van der Waals surface area contributed by atoms with E-state index in [4.69, 9.17) is 11.6 Å². The van der Waals surface area contributed by atoms with E-state index in [1.807, 2.05) is 0 Å². The molecule has 10 heteroatoms. The number of alkyl halides is 2. The van der Waals surface area contributed by atoms with E-state index in [9.17, 15) is 22.0 Å². The fraction of sp³-hybridized carbons (Fsp3) is 0.188. The van der Waals surface area contributed by atoms with E-state index in [1.54, 1.807) is 0 Å². The number of carbonyl (C=O) groups excluding carboxylic acids is 1. The fourth-order valence-electron chi connectivity index (χ4n) is 2.00. The smallest absolute Gasteiger partial charge is 0.289 e. The van der Waals surface area contributed by atoms with Gasteiger partial charge < -0.3 is 5.32 Å². The summed E-state index contributed by atoms with van der Waals surface area (Å²) in [5.74, 6) is -3.27. The SMILES string of the molecule is CN(C)S(=O)(=O)c1ccc(C(=O)Nc2cccc(Cl)c2SC(F)F)cc1. The Morgan fingerprint density at radius 1 is 1.15 bits per heavy atom. The van der Waals surface area contributed by atoms with E-state index in [1.165, 1.54) is 56.6 Å². The quantitative estimate of drug-likeness (QED) is 0.712. The first-order valence-corrected chi connectivity index (χ1v) is 9.90. The lowest BCUT2D eigenvalue weighted by molar-refractivity contribution is 0.102. The first kappa shape index (κ1) is 20.6. The summed E-state index contributed by atoms with van der Waals surface area (Å²) in [5, 5.41) is 2.61. The highest BCUT2D eigenvalue weighted by Crippen LogP contribution is 2.37.